The zero-order chi connectivity index (χ0) is 14.4. The molecular formula is C12H16N2O5. The number of methoxy groups -OCH3 is 1. The summed E-state index contributed by atoms with van der Waals surface area (Å²) in [5, 5.41) is 10.5. The number of carboxylic acids is 1. The topological polar surface area (TPSA) is 129 Å². The van der Waals surface area contributed by atoms with Crippen LogP contribution in [0.25, 0.3) is 0 Å². The van der Waals surface area contributed by atoms with Gasteiger partial charge < -0.3 is 30.8 Å². The molecule has 0 aromatic heterocycles. The second-order valence-corrected chi connectivity index (χ2v) is 3.94. The molecule has 0 heterocycles. The maximum Gasteiger partial charge on any atom is 0.255 e. The summed E-state index contributed by atoms with van der Waals surface area (Å²) in [5.74, 6) is -1.04. The van der Waals surface area contributed by atoms with Gasteiger partial charge in [0.25, 0.3) is 5.91 Å². The molecule has 104 valence electrons. The van der Waals surface area contributed by atoms with Gasteiger partial charge in [0.1, 0.15) is 6.04 Å². The van der Waals surface area contributed by atoms with E-state index in [2.05, 4.69) is 5.73 Å². The summed E-state index contributed by atoms with van der Waals surface area (Å²) in [6, 6.07) is 4.38. The molecule has 19 heavy (non-hydrogen) atoms. The molecule has 1 rings (SSSR count). The number of ether oxygens (including phenoxy) is 2. The van der Waals surface area contributed by atoms with E-state index >= 15 is 0 Å². The van der Waals surface area contributed by atoms with Gasteiger partial charge in [0.15, 0.2) is 18.1 Å². The quantitative estimate of drug-likeness (QED) is 0.589. The van der Waals surface area contributed by atoms with Crippen molar-refractivity contribution in [3.05, 3.63) is 23.8 Å². The third-order valence-corrected chi connectivity index (χ3v) is 2.44. The highest BCUT2D eigenvalue weighted by Crippen LogP contribution is 2.30. The van der Waals surface area contributed by atoms with Crippen molar-refractivity contribution in [1.29, 1.82) is 0 Å². The van der Waals surface area contributed by atoms with Gasteiger partial charge in [-0.15, -0.1) is 0 Å². The summed E-state index contributed by atoms with van der Waals surface area (Å²) < 4.78 is 10.3. The van der Waals surface area contributed by atoms with Crippen molar-refractivity contribution in [2.75, 3.05) is 13.7 Å². The molecule has 0 aliphatic rings. The van der Waals surface area contributed by atoms with E-state index in [1.807, 2.05) is 0 Å². The Bertz CT molecular complexity index is 475. The lowest BCUT2D eigenvalue weighted by atomic mass is 10.0. The third-order valence-electron chi connectivity index (χ3n) is 2.44. The zero-order valence-corrected chi connectivity index (χ0v) is 10.5. The average Bonchev–Trinajstić information content (AvgIpc) is 2.35. The molecule has 0 aliphatic heterocycles. The van der Waals surface area contributed by atoms with Crippen LogP contribution in [0.3, 0.4) is 0 Å². The number of quaternary nitrogens is 1. The molecule has 0 fully saturated rings. The van der Waals surface area contributed by atoms with E-state index in [0.29, 0.717) is 17.1 Å². The van der Waals surface area contributed by atoms with Crippen LogP contribution in [0.2, 0.25) is 0 Å². The number of amides is 1. The summed E-state index contributed by atoms with van der Waals surface area (Å²) in [7, 11) is 1.44. The van der Waals surface area contributed by atoms with Crippen LogP contribution in [0.1, 0.15) is 18.0 Å². The number of benzene rings is 1. The smallest absolute Gasteiger partial charge is 0.255 e. The first kappa shape index (κ1) is 14.8. The fourth-order valence-corrected chi connectivity index (χ4v) is 1.53. The molecule has 1 unspecified atom stereocenters. The molecule has 0 aliphatic carbocycles. The first-order valence-electron chi connectivity index (χ1n) is 5.56. The molecule has 0 saturated heterocycles. The van der Waals surface area contributed by atoms with Crippen LogP contribution in [0.15, 0.2) is 18.2 Å². The van der Waals surface area contributed by atoms with Crippen LogP contribution < -0.4 is 26.0 Å². The van der Waals surface area contributed by atoms with Crippen LogP contribution in [0, 0.1) is 0 Å². The zero-order valence-electron chi connectivity index (χ0n) is 10.5. The summed E-state index contributed by atoms with van der Waals surface area (Å²) in [5.41, 5.74) is 9.39. The van der Waals surface area contributed by atoms with E-state index in [0.717, 1.165) is 0 Å². The molecule has 5 N–H and O–H groups in total. The number of nitrogens with two attached hydrogens (primary N) is 1. The molecule has 1 aromatic carbocycles. The van der Waals surface area contributed by atoms with E-state index in [1.54, 1.807) is 18.2 Å². The van der Waals surface area contributed by atoms with Crippen molar-refractivity contribution >= 4 is 11.9 Å². The van der Waals surface area contributed by atoms with Gasteiger partial charge in [0.05, 0.1) is 7.11 Å². The molecule has 1 amide bonds. The number of aliphatic carboxylic acids is 1. The van der Waals surface area contributed by atoms with Crippen molar-refractivity contribution in [2.24, 2.45) is 5.73 Å². The summed E-state index contributed by atoms with van der Waals surface area (Å²) in [6.07, 6.45) is -0.190. The molecule has 7 nitrogen and oxygen atoms in total. The molecule has 7 heteroatoms. The lowest BCUT2D eigenvalue weighted by Crippen LogP contribution is -2.55. The minimum atomic E-state index is -1.17. The summed E-state index contributed by atoms with van der Waals surface area (Å²) in [4.78, 5) is 21.2. The van der Waals surface area contributed by atoms with E-state index in [-0.39, 0.29) is 13.0 Å². The van der Waals surface area contributed by atoms with Gasteiger partial charge in [-0.1, -0.05) is 0 Å². The Morgan fingerprint density at radius 2 is 2.11 bits per heavy atom. The van der Waals surface area contributed by atoms with E-state index in [9.17, 15) is 14.7 Å². The Kier molecular flexibility index (Phi) is 5.13. The predicted molar refractivity (Wildman–Crippen MR) is 62.9 cm³/mol. The molecule has 0 saturated carbocycles. The fourth-order valence-electron chi connectivity index (χ4n) is 1.53. The number of primary amides is 1. The van der Waals surface area contributed by atoms with E-state index in [1.165, 1.54) is 7.11 Å². The fraction of sp³-hybridized carbons (Fsp3) is 0.333. The van der Waals surface area contributed by atoms with Gasteiger partial charge >= 0.3 is 0 Å². The average molecular weight is 268 g/mol. The van der Waals surface area contributed by atoms with Crippen LogP contribution in [0.4, 0.5) is 0 Å². The van der Waals surface area contributed by atoms with Crippen LogP contribution in [-0.2, 0) is 9.59 Å². The lowest BCUT2D eigenvalue weighted by molar-refractivity contribution is -0.430. The maximum absolute atomic E-state index is 10.6. The third kappa shape index (κ3) is 4.47. The maximum atomic E-state index is 10.6. The highest BCUT2D eigenvalue weighted by molar-refractivity contribution is 5.75. The van der Waals surface area contributed by atoms with Crippen molar-refractivity contribution in [2.45, 2.75) is 12.5 Å². The van der Waals surface area contributed by atoms with Gasteiger partial charge in [-0.25, -0.2) is 0 Å². The number of hydrogen-bond acceptors (Lipinski definition) is 5. The second kappa shape index (κ2) is 6.60. The highest BCUT2D eigenvalue weighted by atomic mass is 16.5. The van der Waals surface area contributed by atoms with Gasteiger partial charge in [0.2, 0.25) is 0 Å². The van der Waals surface area contributed by atoms with Crippen LogP contribution in [-0.4, -0.2) is 25.6 Å². The Balaban J connectivity index is 2.88. The Morgan fingerprint density at radius 1 is 1.42 bits per heavy atom. The normalized spacial score (nSPS) is 11.7. The monoisotopic (exact) mass is 268 g/mol. The predicted octanol–water partition coefficient (Wildman–Crippen LogP) is -2.02. The lowest BCUT2D eigenvalue weighted by Gasteiger charge is -2.14. The SMILES string of the molecule is COc1cc(C([NH3+])CC(=O)[O-])ccc1OCC(N)=O. The molecule has 0 spiro atoms. The molecule has 0 bridgehead atoms. The number of carbonyl (C=O) groups excluding carboxylic acids is 2. The molecular weight excluding hydrogens is 252 g/mol. The standard InChI is InChI=1S/C12H16N2O5/c1-18-10-4-7(8(13)5-12(16)17)2-3-9(10)19-6-11(14)15/h2-4,8H,5-6,13H2,1H3,(H2,14,15)(H,16,17). The van der Waals surface area contributed by atoms with Gasteiger partial charge in [0, 0.05) is 18.0 Å². The molecule has 0 radical (unpaired) electrons. The number of rotatable bonds is 7. The summed E-state index contributed by atoms with van der Waals surface area (Å²) >= 11 is 0. The van der Waals surface area contributed by atoms with Crippen molar-refractivity contribution < 1.29 is 29.9 Å². The molecule has 1 aromatic rings. The van der Waals surface area contributed by atoms with Crippen molar-refractivity contribution in [3.8, 4) is 11.5 Å². The Labute approximate surface area is 110 Å². The highest BCUT2D eigenvalue weighted by Gasteiger charge is 2.14. The minimum absolute atomic E-state index is 0.190. The van der Waals surface area contributed by atoms with Gasteiger partial charge in [-0.2, -0.15) is 0 Å². The summed E-state index contributed by atoms with van der Waals surface area (Å²) in [6.45, 7) is -0.261. The van der Waals surface area contributed by atoms with Crippen molar-refractivity contribution in [3.63, 3.8) is 0 Å². The van der Waals surface area contributed by atoms with E-state index < -0.39 is 17.9 Å². The first-order valence-corrected chi connectivity index (χ1v) is 5.56. The van der Waals surface area contributed by atoms with E-state index in [4.69, 9.17) is 15.2 Å². The Hall–Kier alpha value is -2.28. The number of carbonyl (C=O) groups is 2. The first-order chi connectivity index (χ1) is 8.93. The molecule has 1 atom stereocenters. The van der Waals surface area contributed by atoms with Gasteiger partial charge in [-0.3, -0.25) is 4.79 Å². The second-order valence-electron chi connectivity index (χ2n) is 3.94. The number of carboxylic acid groups (broad SMARTS) is 1. The minimum Gasteiger partial charge on any atom is -0.550 e. The largest absolute Gasteiger partial charge is 0.550 e. The van der Waals surface area contributed by atoms with Crippen LogP contribution in [0.5, 0.6) is 11.5 Å². The number of hydrogen-bond donors (Lipinski definition) is 2. The van der Waals surface area contributed by atoms with Crippen molar-refractivity contribution in [1.82, 2.24) is 0 Å². The Morgan fingerprint density at radius 3 is 2.63 bits per heavy atom. The van der Waals surface area contributed by atoms with Crippen LogP contribution >= 0.6 is 0 Å². The van der Waals surface area contributed by atoms with Gasteiger partial charge in [-0.05, 0) is 18.2 Å².